The zero-order chi connectivity index (χ0) is 17.5. The van der Waals surface area contributed by atoms with Gasteiger partial charge in [-0.25, -0.2) is 0 Å². The molecule has 1 aliphatic rings. The van der Waals surface area contributed by atoms with Crippen LogP contribution in [-0.2, 0) is 15.5 Å². The third kappa shape index (κ3) is 3.92. The fraction of sp³-hybridized carbons (Fsp3) is 0.533. The van der Waals surface area contributed by atoms with E-state index >= 15 is 0 Å². The van der Waals surface area contributed by atoms with Gasteiger partial charge in [0.2, 0.25) is 0 Å². The fourth-order valence-electron chi connectivity index (χ4n) is 2.08. The van der Waals surface area contributed by atoms with Crippen molar-refractivity contribution in [2.75, 3.05) is 5.75 Å². The van der Waals surface area contributed by atoms with E-state index in [0.717, 1.165) is 18.3 Å². The van der Waals surface area contributed by atoms with Gasteiger partial charge in [-0.2, -0.15) is 25.8 Å². The minimum atomic E-state index is -4.41. The lowest BCUT2D eigenvalue weighted by molar-refractivity contribution is -0.137. The zero-order valence-electron chi connectivity index (χ0n) is 13.4. The Morgan fingerprint density at radius 2 is 1.83 bits per heavy atom. The summed E-state index contributed by atoms with van der Waals surface area (Å²) in [5, 5.41) is 0. The molecule has 2 heterocycles. The van der Waals surface area contributed by atoms with Gasteiger partial charge in [0.1, 0.15) is 0 Å². The molecule has 0 amide bonds. The second kappa shape index (κ2) is 6.14. The summed E-state index contributed by atoms with van der Waals surface area (Å²) in [5.74, 6) is 0.286. The minimum Gasteiger partial charge on any atom is -0.400 e. The number of alkyl halides is 3. The molecule has 23 heavy (non-hydrogen) atoms. The highest BCUT2D eigenvalue weighted by atomic mass is 32.1. The Kier molecular flexibility index (Phi) is 4.90. The van der Waals surface area contributed by atoms with Gasteiger partial charge in [0.15, 0.2) is 0 Å². The van der Waals surface area contributed by atoms with E-state index in [9.17, 15) is 13.2 Å². The normalized spacial score (nSPS) is 20.9. The van der Waals surface area contributed by atoms with Crippen LogP contribution in [0.2, 0.25) is 0 Å². The second-order valence-corrected chi connectivity index (χ2v) is 6.75. The molecule has 0 aromatic carbocycles. The predicted molar refractivity (Wildman–Crippen MR) is 87.2 cm³/mol. The third-order valence-electron chi connectivity index (χ3n) is 4.18. The van der Waals surface area contributed by atoms with Crippen LogP contribution in [0, 0.1) is 0 Å². The number of thiol groups is 1. The Morgan fingerprint density at radius 1 is 1.26 bits per heavy atom. The van der Waals surface area contributed by atoms with E-state index in [-0.39, 0.29) is 11.4 Å². The molecule has 0 unspecified atom stereocenters. The fourth-order valence-corrected chi connectivity index (χ4v) is 2.32. The Bertz CT molecular complexity index is 601. The van der Waals surface area contributed by atoms with E-state index < -0.39 is 30.1 Å². The van der Waals surface area contributed by atoms with Gasteiger partial charge >= 0.3 is 13.3 Å². The van der Waals surface area contributed by atoms with E-state index in [1.54, 1.807) is 0 Å². The third-order valence-corrected chi connectivity index (χ3v) is 4.55. The van der Waals surface area contributed by atoms with Crippen LogP contribution in [0.1, 0.15) is 39.0 Å². The first-order valence-electron chi connectivity index (χ1n) is 7.16. The average molecular weight is 345 g/mol. The summed E-state index contributed by atoms with van der Waals surface area (Å²) in [7, 11) is -0.658. The molecule has 2 rings (SSSR count). The van der Waals surface area contributed by atoms with E-state index in [2.05, 4.69) is 17.6 Å². The van der Waals surface area contributed by atoms with Crippen molar-refractivity contribution < 1.29 is 22.5 Å². The lowest BCUT2D eigenvalue weighted by Crippen LogP contribution is -2.41. The molecule has 0 saturated carbocycles. The Labute approximate surface area is 139 Å². The molecule has 1 aliphatic heterocycles. The summed E-state index contributed by atoms with van der Waals surface area (Å²) < 4.78 is 50.1. The van der Waals surface area contributed by atoms with Crippen LogP contribution in [0.5, 0.6) is 0 Å². The highest BCUT2D eigenvalue weighted by Crippen LogP contribution is 2.39. The molecule has 126 valence electrons. The molecule has 0 spiro atoms. The summed E-state index contributed by atoms with van der Waals surface area (Å²) in [6.45, 7) is 7.63. The summed E-state index contributed by atoms with van der Waals surface area (Å²) in [6, 6.07) is 1.93. The van der Waals surface area contributed by atoms with Crippen LogP contribution in [0.3, 0.4) is 0 Å². The Morgan fingerprint density at radius 3 is 2.30 bits per heavy atom. The number of hydrogen-bond donors (Lipinski definition) is 1. The van der Waals surface area contributed by atoms with Crippen molar-refractivity contribution in [2.45, 2.75) is 45.1 Å². The first kappa shape index (κ1) is 18.4. The molecule has 1 aromatic rings. The number of rotatable bonds is 3. The topological polar surface area (TPSA) is 31.4 Å². The number of nitrogens with zero attached hydrogens (tertiary/aromatic N) is 1. The van der Waals surface area contributed by atoms with Crippen LogP contribution in [0.25, 0.3) is 6.08 Å². The van der Waals surface area contributed by atoms with E-state index in [4.69, 9.17) is 9.31 Å². The highest BCUT2D eigenvalue weighted by Gasteiger charge is 2.52. The lowest BCUT2D eigenvalue weighted by atomic mass is 9.78. The van der Waals surface area contributed by atoms with E-state index in [1.165, 1.54) is 6.08 Å². The van der Waals surface area contributed by atoms with Gasteiger partial charge in [-0.1, -0.05) is 0 Å². The monoisotopic (exact) mass is 345 g/mol. The van der Waals surface area contributed by atoms with Gasteiger partial charge in [-0.3, -0.25) is 4.98 Å². The Hall–Kier alpha value is -0.985. The Balaban J connectivity index is 2.31. The summed E-state index contributed by atoms with van der Waals surface area (Å²) in [4.78, 5) is 3.96. The van der Waals surface area contributed by atoms with E-state index in [0.29, 0.717) is 5.47 Å². The van der Waals surface area contributed by atoms with Crippen molar-refractivity contribution in [3.05, 3.63) is 35.1 Å². The lowest BCUT2D eigenvalue weighted by Gasteiger charge is -2.32. The van der Waals surface area contributed by atoms with Crippen LogP contribution in [0.4, 0.5) is 13.2 Å². The number of halogens is 3. The van der Waals surface area contributed by atoms with Crippen molar-refractivity contribution in [1.82, 2.24) is 4.98 Å². The molecule has 0 atom stereocenters. The molecule has 0 N–H and O–H groups in total. The largest absolute Gasteiger partial charge is 0.491 e. The SMILES string of the molecule is CC1(C)OB(C(=Cc2cc(C(F)(F)F)ccn2)CS)OC1(C)C. The molecule has 3 nitrogen and oxygen atoms in total. The van der Waals surface area contributed by atoms with Crippen LogP contribution >= 0.6 is 12.6 Å². The maximum absolute atomic E-state index is 12.8. The molecule has 1 fully saturated rings. The quantitative estimate of drug-likeness (QED) is 0.663. The van der Waals surface area contributed by atoms with Crippen molar-refractivity contribution in [1.29, 1.82) is 0 Å². The summed E-state index contributed by atoms with van der Waals surface area (Å²) in [5.41, 5.74) is -0.981. The molecule has 0 aliphatic carbocycles. The summed E-state index contributed by atoms with van der Waals surface area (Å²) >= 11 is 4.24. The molecule has 1 aromatic heterocycles. The molecule has 0 bridgehead atoms. The predicted octanol–water partition coefficient (Wildman–Crippen LogP) is 4.05. The minimum absolute atomic E-state index is 0.193. The number of aromatic nitrogens is 1. The zero-order valence-corrected chi connectivity index (χ0v) is 14.3. The van der Waals surface area contributed by atoms with Gasteiger partial charge in [-0.05, 0) is 51.4 Å². The van der Waals surface area contributed by atoms with Crippen molar-refractivity contribution >= 4 is 25.8 Å². The van der Waals surface area contributed by atoms with Crippen molar-refractivity contribution in [2.24, 2.45) is 0 Å². The number of pyridine rings is 1. The maximum atomic E-state index is 12.8. The smallest absolute Gasteiger partial charge is 0.400 e. The molecular formula is C15H19BF3NO2S. The first-order valence-corrected chi connectivity index (χ1v) is 7.80. The van der Waals surface area contributed by atoms with Gasteiger partial charge in [0.05, 0.1) is 22.5 Å². The second-order valence-electron chi connectivity index (χ2n) is 6.43. The van der Waals surface area contributed by atoms with E-state index in [1.807, 2.05) is 27.7 Å². The maximum Gasteiger partial charge on any atom is 0.491 e. The molecular weight excluding hydrogens is 326 g/mol. The summed E-state index contributed by atoms with van der Waals surface area (Å²) in [6.07, 6.45) is -1.74. The standard InChI is InChI=1S/C15H19BF3NO2S/c1-13(2)14(3,4)22-16(21-13)11(9-23)8-12-7-10(5-6-20-12)15(17,18)19/h5-8,23H,9H2,1-4H3. The average Bonchev–Trinajstić information content (AvgIpc) is 2.64. The van der Waals surface area contributed by atoms with Gasteiger partial charge in [0.25, 0.3) is 0 Å². The van der Waals surface area contributed by atoms with Crippen LogP contribution in [0.15, 0.2) is 23.8 Å². The molecule has 1 saturated heterocycles. The number of hydrogen-bond acceptors (Lipinski definition) is 4. The molecule has 0 radical (unpaired) electrons. The van der Waals surface area contributed by atoms with Gasteiger partial charge < -0.3 is 9.31 Å². The van der Waals surface area contributed by atoms with Crippen molar-refractivity contribution in [3.8, 4) is 0 Å². The van der Waals surface area contributed by atoms with Crippen LogP contribution < -0.4 is 0 Å². The molecule has 8 heteroatoms. The van der Waals surface area contributed by atoms with Gasteiger partial charge in [0, 0.05) is 11.9 Å². The van der Waals surface area contributed by atoms with Gasteiger partial charge in [-0.15, -0.1) is 0 Å². The first-order chi connectivity index (χ1) is 10.5. The van der Waals surface area contributed by atoms with Crippen LogP contribution in [-0.4, -0.2) is 29.1 Å². The highest BCUT2D eigenvalue weighted by molar-refractivity contribution is 7.80. The van der Waals surface area contributed by atoms with Crippen molar-refractivity contribution in [3.63, 3.8) is 0 Å².